The average Bonchev–Trinajstić information content (AvgIpc) is 2.78. The molecule has 3 rings (SSSR count). The molecule has 2 aromatic rings. The van der Waals surface area contributed by atoms with Crippen LogP contribution in [-0.2, 0) is 0 Å². The second-order valence-corrected chi connectivity index (χ2v) is 4.18. The van der Waals surface area contributed by atoms with Gasteiger partial charge >= 0.3 is 0 Å². The molecule has 1 saturated heterocycles. The summed E-state index contributed by atoms with van der Waals surface area (Å²) in [5, 5.41) is 12.0. The number of fused-ring (bicyclic) bond motifs is 1. The molecule has 0 amide bonds. The van der Waals surface area contributed by atoms with E-state index in [-0.39, 0.29) is 0 Å². The second-order valence-electron chi connectivity index (χ2n) is 4.18. The number of nitrogens with zero attached hydrogens (tertiary/aromatic N) is 1. The summed E-state index contributed by atoms with van der Waals surface area (Å²) >= 11 is 0. The van der Waals surface area contributed by atoms with Crippen LogP contribution in [-0.4, -0.2) is 16.7 Å². The standard InChI is InChI=1S/C12H15N3/c1-2-7-13-11(6-1)10-5-3-4-9-8-14-15-12(9)10/h3-5,8,11,13H,1-2,6-7H2,(H,14,15). The van der Waals surface area contributed by atoms with Crippen molar-refractivity contribution in [3.8, 4) is 0 Å². The fourth-order valence-electron chi connectivity index (χ4n) is 2.40. The quantitative estimate of drug-likeness (QED) is 0.743. The minimum Gasteiger partial charge on any atom is -0.310 e. The van der Waals surface area contributed by atoms with Gasteiger partial charge in [-0.2, -0.15) is 5.10 Å². The average molecular weight is 201 g/mol. The zero-order chi connectivity index (χ0) is 10.1. The summed E-state index contributed by atoms with van der Waals surface area (Å²) in [7, 11) is 0. The van der Waals surface area contributed by atoms with Gasteiger partial charge in [-0.05, 0) is 24.9 Å². The third kappa shape index (κ3) is 1.53. The van der Waals surface area contributed by atoms with Gasteiger partial charge in [0.15, 0.2) is 0 Å². The van der Waals surface area contributed by atoms with Crippen LogP contribution in [0.25, 0.3) is 10.9 Å². The summed E-state index contributed by atoms with van der Waals surface area (Å²) < 4.78 is 0. The molecule has 78 valence electrons. The first-order valence-electron chi connectivity index (χ1n) is 5.60. The molecule has 0 spiro atoms. The first-order chi connectivity index (χ1) is 7.45. The Kier molecular flexibility index (Phi) is 2.18. The largest absolute Gasteiger partial charge is 0.310 e. The number of aromatic amines is 1. The van der Waals surface area contributed by atoms with Gasteiger partial charge in [0.05, 0.1) is 11.7 Å². The van der Waals surface area contributed by atoms with Crippen LogP contribution >= 0.6 is 0 Å². The number of H-pyrrole nitrogens is 1. The van der Waals surface area contributed by atoms with Crippen LogP contribution in [0.1, 0.15) is 30.9 Å². The van der Waals surface area contributed by atoms with Crippen molar-refractivity contribution in [1.82, 2.24) is 15.5 Å². The molecule has 3 nitrogen and oxygen atoms in total. The van der Waals surface area contributed by atoms with Crippen molar-refractivity contribution in [1.29, 1.82) is 0 Å². The van der Waals surface area contributed by atoms with Crippen molar-refractivity contribution in [2.24, 2.45) is 0 Å². The molecule has 1 atom stereocenters. The molecule has 1 aromatic heterocycles. The summed E-state index contributed by atoms with van der Waals surface area (Å²) in [5.41, 5.74) is 2.56. The van der Waals surface area contributed by atoms with E-state index in [0.29, 0.717) is 6.04 Å². The summed E-state index contributed by atoms with van der Waals surface area (Å²) in [6.07, 6.45) is 5.75. The highest BCUT2D eigenvalue weighted by Gasteiger charge is 2.17. The number of rotatable bonds is 1. The Morgan fingerprint density at radius 3 is 3.13 bits per heavy atom. The Labute approximate surface area is 88.9 Å². The number of benzene rings is 1. The van der Waals surface area contributed by atoms with E-state index in [2.05, 4.69) is 33.7 Å². The molecule has 2 heterocycles. The van der Waals surface area contributed by atoms with Crippen molar-refractivity contribution in [2.75, 3.05) is 6.54 Å². The molecule has 0 bridgehead atoms. The third-order valence-corrected chi connectivity index (χ3v) is 3.19. The van der Waals surface area contributed by atoms with Crippen molar-refractivity contribution in [3.63, 3.8) is 0 Å². The van der Waals surface area contributed by atoms with E-state index < -0.39 is 0 Å². The lowest BCUT2D eigenvalue weighted by Gasteiger charge is -2.24. The molecule has 1 aromatic carbocycles. The van der Waals surface area contributed by atoms with Crippen LogP contribution < -0.4 is 5.32 Å². The van der Waals surface area contributed by atoms with Crippen LogP contribution in [0.5, 0.6) is 0 Å². The lowest BCUT2D eigenvalue weighted by molar-refractivity contribution is 0.414. The van der Waals surface area contributed by atoms with Gasteiger partial charge in [0, 0.05) is 11.4 Å². The Morgan fingerprint density at radius 1 is 1.27 bits per heavy atom. The molecular formula is C12H15N3. The van der Waals surface area contributed by atoms with Crippen LogP contribution in [0.4, 0.5) is 0 Å². The highest BCUT2D eigenvalue weighted by molar-refractivity contribution is 5.81. The topological polar surface area (TPSA) is 40.7 Å². The summed E-state index contributed by atoms with van der Waals surface area (Å²) in [4.78, 5) is 0. The number of aromatic nitrogens is 2. The van der Waals surface area contributed by atoms with Crippen molar-refractivity contribution in [3.05, 3.63) is 30.0 Å². The summed E-state index contributed by atoms with van der Waals surface area (Å²) in [6, 6.07) is 6.92. The third-order valence-electron chi connectivity index (χ3n) is 3.19. The first-order valence-corrected chi connectivity index (χ1v) is 5.60. The predicted octanol–water partition coefficient (Wildman–Crippen LogP) is 2.38. The Balaban J connectivity index is 2.05. The van der Waals surface area contributed by atoms with Crippen LogP contribution in [0.3, 0.4) is 0 Å². The maximum Gasteiger partial charge on any atom is 0.0698 e. The highest BCUT2D eigenvalue weighted by Crippen LogP contribution is 2.27. The molecule has 1 aliphatic rings. The predicted molar refractivity (Wildman–Crippen MR) is 60.7 cm³/mol. The molecule has 0 radical (unpaired) electrons. The van der Waals surface area contributed by atoms with Gasteiger partial charge in [-0.3, -0.25) is 5.10 Å². The molecular weight excluding hydrogens is 186 g/mol. The lowest BCUT2D eigenvalue weighted by atomic mass is 9.96. The molecule has 15 heavy (non-hydrogen) atoms. The number of para-hydroxylation sites is 1. The van der Waals surface area contributed by atoms with Gasteiger partial charge in [-0.25, -0.2) is 0 Å². The van der Waals surface area contributed by atoms with Crippen molar-refractivity contribution in [2.45, 2.75) is 25.3 Å². The summed E-state index contributed by atoms with van der Waals surface area (Å²) in [5.74, 6) is 0. The first kappa shape index (κ1) is 8.92. The molecule has 0 aliphatic carbocycles. The minimum absolute atomic E-state index is 0.503. The van der Waals surface area contributed by atoms with Crippen molar-refractivity contribution < 1.29 is 0 Å². The van der Waals surface area contributed by atoms with Crippen LogP contribution in [0, 0.1) is 0 Å². The van der Waals surface area contributed by atoms with E-state index >= 15 is 0 Å². The molecule has 1 aliphatic heterocycles. The minimum atomic E-state index is 0.503. The number of hydrogen-bond acceptors (Lipinski definition) is 2. The van der Waals surface area contributed by atoms with E-state index in [1.165, 1.54) is 35.7 Å². The van der Waals surface area contributed by atoms with Gasteiger partial charge in [0.1, 0.15) is 0 Å². The molecule has 3 heteroatoms. The molecule has 1 fully saturated rings. The maximum absolute atomic E-state index is 4.10. The van der Waals surface area contributed by atoms with Gasteiger partial charge in [-0.1, -0.05) is 24.6 Å². The van der Waals surface area contributed by atoms with Gasteiger partial charge < -0.3 is 5.32 Å². The van der Waals surface area contributed by atoms with Crippen molar-refractivity contribution >= 4 is 10.9 Å². The smallest absolute Gasteiger partial charge is 0.0698 e. The van der Waals surface area contributed by atoms with Crippen LogP contribution in [0.2, 0.25) is 0 Å². The number of hydrogen-bond donors (Lipinski definition) is 2. The van der Waals surface area contributed by atoms with Gasteiger partial charge in [0.25, 0.3) is 0 Å². The number of piperidine rings is 1. The van der Waals surface area contributed by atoms with Gasteiger partial charge in [-0.15, -0.1) is 0 Å². The zero-order valence-electron chi connectivity index (χ0n) is 8.66. The van der Waals surface area contributed by atoms with Crippen LogP contribution in [0.15, 0.2) is 24.4 Å². The Bertz CT molecular complexity index is 455. The molecule has 2 N–H and O–H groups in total. The lowest BCUT2D eigenvalue weighted by Crippen LogP contribution is -2.26. The van der Waals surface area contributed by atoms with E-state index in [0.717, 1.165) is 6.54 Å². The fourth-order valence-corrected chi connectivity index (χ4v) is 2.40. The summed E-state index contributed by atoms with van der Waals surface area (Å²) in [6.45, 7) is 1.13. The SMILES string of the molecule is c1cc(C2CCCCN2)c2[nH]ncc2c1. The second kappa shape index (κ2) is 3.66. The highest BCUT2D eigenvalue weighted by atomic mass is 15.1. The van der Waals surface area contributed by atoms with E-state index in [9.17, 15) is 0 Å². The normalized spacial score (nSPS) is 22.0. The fraction of sp³-hybridized carbons (Fsp3) is 0.417. The van der Waals surface area contributed by atoms with E-state index in [1.807, 2.05) is 6.20 Å². The van der Waals surface area contributed by atoms with E-state index in [1.54, 1.807) is 0 Å². The Hall–Kier alpha value is -1.35. The molecule has 0 saturated carbocycles. The van der Waals surface area contributed by atoms with E-state index in [4.69, 9.17) is 0 Å². The van der Waals surface area contributed by atoms with Gasteiger partial charge in [0.2, 0.25) is 0 Å². The molecule has 1 unspecified atom stereocenters. The zero-order valence-corrected chi connectivity index (χ0v) is 8.66. The maximum atomic E-state index is 4.10. The monoisotopic (exact) mass is 201 g/mol. The number of nitrogens with one attached hydrogen (secondary N) is 2. The Morgan fingerprint density at radius 2 is 2.27 bits per heavy atom.